The van der Waals surface area contributed by atoms with Crippen molar-refractivity contribution in [3.63, 3.8) is 0 Å². The quantitative estimate of drug-likeness (QED) is 0.586. The zero-order valence-electron chi connectivity index (χ0n) is 18.2. The van der Waals surface area contributed by atoms with Gasteiger partial charge in [-0.05, 0) is 56.9 Å². The summed E-state index contributed by atoms with van der Waals surface area (Å²) in [4.78, 5) is 14.8. The van der Waals surface area contributed by atoms with E-state index >= 15 is 0 Å². The molecule has 2 aliphatic rings. The summed E-state index contributed by atoms with van der Waals surface area (Å²) in [7, 11) is -3.55. The lowest BCUT2D eigenvalue weighted by Crippen LogP contribution is -2.51. The van der Waals surface area contributed by atoms with Gasteiger partial charge in [-0.3, -0.25) is 4.79 Å². The summed E-state index contributed by atoms with van der Waals surface area (Å²) in [6.07, 6.45) is 2.33. The highest BCUT2D eigenvalue weighted by Crippen LogP contribution is 2.40. The molecule has 1 saturated heterocycles. The van der Waals surface area contributed by atoms with E-state index in [0.29, 0.717) is 37.0 Å². The summed E-state index contributed by atoms with van der Waals surface area (Å²) < 4.78 is 29.5. The average Bonchev–Trinajstić information content (AvgIpc) is 3.53. The van der Waals surface area contributed by atoms with Crippen molar-refractivity contribution in [3.05, 3.63) is 35.2 Å². The molecular weight excluding hydrogens is 434 g/mol. The Morgan fingerprint density at radius 2 is 1.81 bits per heavy atom. The lowest BCUT2D eigenvalue weighted by molar-refractivity contribution is -0.129. The molecule has 4 rings (SSSR count). The second-order valence-electron chi connectivity index (χ2n) is 8.18. The SMILES string of the molecule is CCn1c(SCC(=O)N2CCN(S(=O)(=O)c3ccc(C)c(C)c3)CC2)nnc1C1CC1. The van der Waals surface area contributed by atoms with Crippen LogP contribution in [0.1, 0.15) is 42.6 Å². The van der Waals surface area contributed by atoms with Crippen molar-refractivity contribution in [3.8, 4) is 0 Å². The van der Waals surface area contributed by atoms with E-state index in [1.807, 2.05) is 19.9 Å². The van der Waals surface area contributed by atoms with Crippen LogP contribution in [0, 0.1) is 13.8 Å². The van der Waals surface area contributed by atoms with Crippen LogP contribution in [0.4, 0.5) is 0 Å². The highest BCUT2D eigenvalue weighted by Gasteiger charge is 2.32. The van der Waals surface area contributed by atoms with Gasteiger partial charge in [0.1, 0.15) is 5.82 Å². The van der Waals surface area contributed by atoms with Crippen molar-refractivity contribution in [2.24, 2.45) is 0 Å². The maximum absolute atomic E-state index is 13.0. The first-order valence-corrected chi connectivity index (χ1v) is 13.1. The Bertz CT molecular complexity index is 1070. The smallest absolute Gasteiger partial charge is 0.243 e. The molecule has 31 heavy (non-hydrogen) atoms. The van der Waals surface area contributed by atoms with E-state index < -0.39 is 10.0 Å². The third-order valence-corrected chi connectivity index (χ3v) is 8.88. The second-order valence-corrected chi connectivity index (χ2v) is 11.1. The molecule has 168 valence electrons. The second kappa shape index (κ2) is 8.91. The molecule has 1 saturated carbocycles. The van der Waals surface area contributed by atoms with Crippen LogP contribution in [0.15, 0.2) is 28.3 Å². The van der Waals surface area contributed by atoms with Gasteiger partial charge < -0.3 is 9.47 Å². The average molecular weight is 464 g/mol. The summed E-state index contributed by atoms with van der Waals surface area (Å²) in [6, 6.07) is 5.22. The monoisotopic (exact) mass is 463 g/mol. The van der Waals surface area contributed by atoms with Gasteiger partial charge in [0.25, 0.3) is 0 Å². The summed E-state index contributed by atoms with van der Waals surface area (Å²) in [5.74, 6) is 1.84. The Hall–Kier alpha value is -1.91. The Balaban J connectivity index is 1.33. The lowest BCUT2D eigenvalue weighted by atomic mass is 10.1. The number of sulfonamides is 1. The first-order chi connectivity index (χ1) is 14.8. The Morgan fingerprint density at radius 1 is 1.10 bits per heavy atom. The largest absolute Gasteiger partial charge is 0.339 e. The van der Waals surface area contributed by atoms with Crippen molar-refractivity contribution < 1.29 is 13.2 Å². The topological polar surface area (TPSA) is 88.4 Å². The van der Waals surface area contributed by atoms with Crippen LogP contribution in [0.2, 0.25) is 0 Å². The molecule has 0 atom stereocenters. The summed E-state index contributed by atoms with van der Waals surface area (Å²) >= 11 is 1.41. The number of piperazine rings is 1. The molecule has 1 aromatic carbocycles. The van der Waals surface area contributed by atoms with Crippen molar-refractivity contribution in [2.45, 2.75) is 56.1 Å². The van der Waals surface area contributed by atoms with Gasteiger partial charge in [0.05, 0.1) is 10.6 Å². The number of carbonyl (C=O) groups excluding carboxylic acids is 1. The van der Waals surface area contributed by atoms with Gasteiger partial charge in [0, 0.05) is 38.6 Å². The van der Waals surface area contributed by atoms with Crippen molar-refractivity contribution in [2.75, 3.05) is 31.9 Å². The van der Waals surface area contributed by atoms with Crippen molar-refractivity contribution >= 4 is 27.7 Å². The summed E-state index contributed by atoms with van der Waals surface area (Å²) in [5.41, 5.74) is 2.02. The molecule has 10 heteroatoms. The van der Waals surface area contributed by atoms with Crippen LogP contribution in [-0.4, -0.2) is 70.2 Å². The van der Waals surface area contributed by atoms with Gasteiger partial charge in [0.15, 0.2) is 5.16 Å². The fraction of sp³-hybridized carbons (Fsp3) is 0.571. The zero-order chi connectivity index (χ0) is 22.2. The van der Waals surface area contributed by atoms with Crippen LogP contribution < -0.4 is 0 Å². The van der Waals surface area contributed by atoms with Crippen molar-refractivity contribution in [1.29, 1.82) is 0 Å². The number of aryl methyl sites for hydroxylation is 2. The molecule has 0 bridgehead atoms. The minimum absolute atomic E-state index is 0.00635. The van der Waals surface area contributed by atoms with Gasteiger partial charge >= 0.3 is 0 Å². The minimum atomic E-state index is -3.55. The molecule has 2 heterocycles. The first-order valence-electron chi connectivity index (χ1n) is 10.7. The van der Waals surface area contributed by atoms with E-state index in [9.17, 15) is 13.2 Å². The predicted octanol–water partition coefficient (Wildman–Crippen LogP) is 2.42. The molecule has 0 radical (unpaired) electrons. The lowest BCUT2D eigenvalue weighted by Gasteiger charge is -2.34. The summed E-state index contributed by atoms with van der Waals surface area (Å²) in [5, 5.41) is 9.37. The van der Waals surface area contributed by atoms with Crippen molar-refractivity contribution in [1.82, 2.24) is 24.0 Å². The van der Waals surface area contributed by atoms with Crippen LogP contribution in [0.3, 0.4) is 0 Å². The number of nitrogens with zero attached hydrogens (tertiary/aromatic N) is 5. The molecule has 2 aromatic rings. The highest BCUT2D eigenvalue weighted by atomic mass is 32.2. The summed E-state index contributed by atoms with van der Waals surface area (Å²) in [6.45, 7) is 8.15. The van der Waals surface area contributed by atoms with Gasteiger partial charge in [-0.1, -0.05) is 17.8 Å². The van der Waals surface area contributed by atoms with Gasteiger partial charge in [-0.25, -0.2) is 8.42 Å². The highest BCUT2D eigenvalue weighted by molar-refractivity contribution is 7.99. The maximum atomic E-state index is 13.0. The molecule has 1 amide bonds. The van der Waals surface area contributed by atoms with Crippen LogP contribution >= 0.6 is 11.8 Å². The standard InChI is InChI=1S/C21H29N5O3S2/c1-4-26-20(17-6-7-17)22-23-21(26)30-14-19(27)24-9-11-25(12-10-24)31(28,29)18-8-5-15(2)16(3)13-18/h5,8,13,17H,4,6-7,9-12,14H2,1-3H3. The number of amides is 1. The predicted molar refractivity (Wildman–Crippen MR) is 120 cm³/mol. The van der Waals surface area contributed by atoms with Crippen LogP contribution in [0.5, 0.6) is 0 Å². The number of hydrogen-bond donors (Lipinski definition) is 0. The first kappa shape index (κ1) is 22.3. The Morgan fingerprint density at radius 3 is 2.42 bits per heavy atom. The van der Waals surface area contributed by atoms with E-state index in [0.717, 1.165) is 41.5 Å². The number of carbonyl (C=O) groups is 1. The molecule has 0 N–H and O–H groups in total. The number of rotatable bonds is 7. The molecule has 1 aliphatic carbocycles. The Kier molecular flexibility index (Phi) is 6.41. The van der Waals surface area contributed by atoms with Gasteiger partial charge in [-0.15, -0.1) is 10.2 Å². The zero-order valence-corrected chi connectivity index (χ0v) is 19.9. The van der Waals surface area contributed by atoms with E-state index in [-0.39, 0.29) is 11.7 Å². The molecule has 1 aliphatic heterocycles. The molecule has 0 unspecified atom stereocenters. The minimum Gasteiger partial charge on any atom is -0.339 e. The van der Waals surface area contributed by atoms with E-state index in [1.54, 1.807) is 17.0 Å². The van der Waals surface area contributed by atoms with Gasteiger partial charge in [-0.2, -0.15) is 4.31 Å². The van der Waals surface area contributed by atoms with E-state index in [1.165, 1.54) is 16.1 Å². The number of thioether (sulfide) groups is 1. The Labute approximate surface area is 188 Å². The fourth-order valence-electron chi connectivity index (χ4n) is 3.77. The molecule has 0 spiro atoms. The normalized spacial score (nSPS) is 17.8. The number of hydrogen-bond acceptors (Lipinski definition) is 6. The van der Waals surface area contributed by atoms with E-state index in [4.69, 9.17) is 0 Å². The third kappa shape index (κ3) is 4.65. The fourth-order valence-corrected chi connectivity index (χ4v) is 6.19. The number of aromatic nitrogens is 3. The van der Waals surface area contributed by atoms with Crippen LogP contribution in [0.25, 0.3) is 0 Å². The van der Waals surface area contributed by atoms with E-state index in [2.05, 4.69) is 21.7 Å². The van der Waals surface area contributed by atoms with Gasteiger partial charge in [0.2, 0.25) is 15.9 Å². The number of benzene rings is 1. The maximum Gasteiger partial charge on any atom is 0.243 e. The molecule has 2 fully saturated rings. The molecular formula is C21H29N5O3S2. The van der Waals surface area contributed by atoms with Crippen LogP contribution in [-0.2, 0) is 21.4 Å². The third-order valence-electron chi connectivity index (χ3n) is 6.04. The molecule has 8 nitrogen and oxygen atoms in total. The molecule has 1 aromatic heterocycles.